The molecule has 2 amide bonds. The van der Waals surface area contributed by atoms with Crippen LogP contribution in [0.1, 0.15) is 32.6 Å². The van der Waals surface area contributed by atoms with E-state index in [-0.39, 0.29) is 43.4 Å². The Morgan fingerprint density at radius 1 is 1.24 bits per heavy atom. The van der Waals surface area contributed by atoms with Crippen molar-refractivity contribution < 1.29 is 9.59 Å². The number of amides is 2. The molecular weight excluding hydrogens is 242 g/mol. The number of carbonyl (C=O) groups is 2. The molecule has 0 bridgehead atoms. The van der Waals surface area contributed by atoms with Gasteiger partial charge in [0, 0.05) is 6.04 Å². The maximum absolute atomic E-state index is 11.5. The lowest BCUT2D eigenvalue weighted by Gasteiger charge is -2.29. The van der Waals surface area contributed by atoms with E-state index in [1.165, 1.54) is 19.3 Å². The van der Waals surface area contributed by atoms with Gasteiger partial charge in [0.05, 0.1) is 13.1 Å². The first-order valence-corrected chi connectivity index (χ1v) is 5.89. The number of halogens is 1. The zero-order valence-corrected chi connectivity index (χ0v) is 11.0. The van der Waals surface area contributed by atoms with Crippen molar-refractivity contribution in [2.75, 3.05) is 13.1 Å². The van der Waals surface area contributed by atoms with Gasteiger partial charge in [0.25, 0.3) is 0 Å². The largest absolute Gasteiger partial charge is 0.352 e. The van der Waals surface area contributed by atoms with E-state index in [1.807, 2.05) is 0 Å². The summed E-state index contributed by atoms with van der Waals surface area (Å²) in [6.45, 7) is 2.11. The molecule has 1 aliphatic rings. The molecule has 5 nitrogen and oxygen atoms in total. The van der Waals surface area contributed by atoms with E-state index in [4.69, 9.17) is 5.73 Å². The van der Waals surface area contributed by atoms with Gasteiger partial charge >= 0.3 is 0 Å². The molecule has 1 saturated carbocycles. The van der Waals surface area contributed by atoms with Crippen LogP contribution in [0.3, 0.4) is 0 Å². The highest BCUT2D eigenvalue weighted by Crippen LogP contribution is 2.23. The molecular formula is C11H22ClN3O2. The topological polar surface area (TPSA) is 84.2 Å². The maximum Gasteiger partial charge on any atom is 0.239 e. The standard InChI is InChI=1S/C11H21N3O2.ClH/c1-8-4-2-3-5-9(8)14-11(16)7-13-10(15)6-12;/h8-9H,2-7,12H2,1H3,(H,13,15)(H,14,16);1H. The van der Waals surface area contributed by atoms with Crippen LogP contribution in [-0.2, 0) is 9.59 Å². The predicted molar refractivity (Wildman–Crippen MR) is 68.9 cm³/mol. The minimum Gasteiger partial charge on any atom is -0.352 e. The van der Waals surface area contributed by atoms with E-state index in [1.54, 1.807) is 0 Å². The van der Waals surface area contributed by atoms with Gasteiger partial charge in [-0.1, -0.05) is 19.8 Å². The normalized spacial score (nSPS) is 23.4. The molecule has 0 aromatic heterocycles. The third-order valence-corrected chi connectivity index (χ3v) is 3.09. The van der Waals surface area contributed by atoms with Gasteiger partial charge in [0.1, 0.15) is 0 Å². The Labute approximate surface area is 108 Å². The van der Waals surface area contributed by atoms with Crippen molar-refractivity contribution in [3.63, 3.8) is 0 Å². The number of hydrogen-bond donors (Lipinski definition) is 3. The van der Waals surface area contributed by atoms with Crippen LogP contribution < -0.4 is 16.4 Å². The van der Waals surface area contributed by atoms with Crippen LogP contribution in [0.2, 0.25) is 0 Å². The summed E-state index contributed by atoms with van der Waals surface area (Å²) in [6, 6.07) is 0.260. The molecule has 2 atom stereocenters. The SMILES string of the molecule is CC1CCCCC1NC(=O)CNC(=O)CN.Cl. The lowest BCUT2D eigenvalue weighted by molar-refractivity contribution is -0.126. The van der Waals surface area contributed by atoms with Crippen molar-refractivity contribution >= 4 is 24.2 Å². The molecule has 4 N–H and O–H groups in total. The summed E-state index contributed by atoms with van der Waals surface area (Å²) in [7, 11) is 0. The molecule has 0 heterocycles. The smallest absolute Gasteiger partial charge is 0.239 e. The Kier molecular flexibility index (Phi) is 7.91. The van der Waals surface area contributed by atoms with Gasteiger partial charge in [-0.05, 0) is 18.8 Å². The van der Waals surface area contributed by atoms with E-state index < -0.39 is 0 Å². The Hall–Kier alpha value is -0.810. The van der Waals surface area contributed by atoms with Crippen LogP contribution in [0, 0.1) is 5.92 Å². The first-order valence-electron chi connectivity index (χ1n) is 5.89. The van der Waals surface area contributed by atoms with Crippen molar-refractivity contribution in [2.24, 2.45) is 11.7 Å². The first kappa shape index (κ1) is 16.2. The van der Waals surface area contributed by atoms with Crippen LogP contribution in [0.4, 0.5) is 0 Å². The summed E-state index contributed by atoms with van der Waals surface area (Å²) >= 11 is 0. The molecule has 0 aromatic carbocycles. The van der Waals surface area contributed by atoms with Gasteiger partial charge in [0.15, 0.2) is 0 Å². The van der Waals surface area contributed by atoms with Gasteiger partial charge in [-0.2, -0.15) is 0 Å². The minimum absolute atomic E-state index is 0. The molecule has 2 unspecified atom stereocenters. The first-order chi connectivity index (χ1) is 7.63. The fourth-order valence-corrected chi connectivity index (χ4v) is 2.04. The van der Waals surface area contributed by atoms with E-state index in [2.05, 4.69) is 17.6 Å². The molecule has 1 aliphatic carbocycles. The van der Waals surface area contributed by atoms with E-state index in [9.17, 15) is 9.59 Å². The third-order valence-electron chi connectivity index (χ3n) is 3.09. The molecule has 0 radical (unpaired) electrons. The summed E-state index contributed by atoms with van der Waals surface area (Å²) < 4.78 is 0. The Balaban J connectivity index is 0.00000256. The quantitative estimate of drug-likeness (QED) is 0.676. The summed E-state index contributed by atoms with van der Waals surface area (Å²) in [6.07, 6.45) is 4.62. The highest BCUT2D eigenvalue weighted by Gasteiger charge is 2.22. The monoisotopic (exact) mass is 263 g/mol. The molecule has 0 spiro atoms. The zero-order valence-electron chi connectivity index (χ0n) is 10.2. The molecule has 17 heavy (non-hydrogen) atoms. The van der Waals surface area contributed by atoms with Crippen molar-refractivity contribution in [3.8, 4) is 0 Å². The van der Waals surface area contributed by atoms with Crippen LogP contribution in [-0.4, -0.2) is 30.9 Å². The van der Waals surface area contributed by atoms with E-state index in [0.717, 1.165) is 6.42 Å². The Morgan fingerprint density at radius 3 is 2.47 bits per heavy atom. The second-order valence-corrected chi connectivity index (χ2v) is 4.42. The lowest BCUT2D eigenvalue weighted by atomic mass is 9.86. The number of hydrogen-bond acceptors (Lipinski definition) is 3. The number of nitrogens with two attached hydrogens (primary N) is 1. The maximum atomic E-state index is 11.5. The highest BCUT2D eigenvalue weighted by atomic mass is 35.5. The summed E-state index contributed by atoms with van der Waals surface area (Å²) in [4.78, 5) is 22.4. The Morgan fingerprint density at radius 2 is 1.88 bits per heavy atom. The molecule has 100 valence electrons. The average molecular weight is 264 g/mol. The van der Waals surface area contributed by atoms with Crippen LogP contribution in [0.5, 0.6) is 0 Å². The molecule has 1 fully saturated rings. The Bertz CT molecular complexity index is 261. The molecule has 0 aromatic rings. The van der Waals surface area contributed by atoms with E-state index in [0.29, 0.717) is 5.92 Å². The molecule has 0 saturated heterocycles. The summed E-state index contributed by atoms with van der Waals surface area (Å²) in [5.41, 5.74) is 5.12. The van der Waals surface area contributed by atoms with Gasteiger partial charge in [-0.25, -0.2) is 0 Å². The van der Waals surface area contributed by atoms with Gasteiger partial charge < -0.3 is 16.4 Å². The number of rotatable bonds is 4. The average Bonchev–Trinajstić information content (AvgIpc) is 2.29. The van der Waals surface area contributed by atoms with Gasteiger partial charge in [0.2, 0.25) is 11.8 Å². The minimum atomic E-state index is -0.299. The third kappa shape index (κ3) is 5.89. The van der Waals surface area contributed by atoms with Crippen molar-refractivity contribution in [3.05, 3.63) is 0 Å². The predicted octanol–water partition coefficient (Wildman–Crippen LogP) is 0.178. The lowest BCUT2D eigenvalue weighted by Crippen LogP contribution is -2.46. The molecule has 6 heteroatoms. The van der Waals surface area contributed by atoms with E-state index >= 15 is 0 Å². The van der Waals surface area contributed by atoms with Crippen molar-refractivity contribution in [2.45, 2.75) is 38.6 Å². The van der Waals surface area contributed by atoms with Crippen LogP contribution >= 0.6 is 12.4 Å². The van der Waals surface area contributed by atoms with Crippen LogP contribution in [0.15, 0.2) is 0 Å². The van der Waals surface area contributed by atoms with Crippen molar-refractivity contribution in [1.82, 2.24) is 10.6 Å². The molecule has 1 rings (SSSR count). The fourth-order valence-electron chi connectivity index (χ4n) is 2.04. The van der Waals surface area contributed by atoms with Crippen LogP contribution in [0.25, 0.3) is 0 Å². The second-order valence-electron chi connectivity index (χ2n) is 4.42. The highest BCUT2D eigenvalue weighted by molar-refractivity contribution is 5.85. The second kappa shape index (κ2) is 8.31. The molecule has 0 aliphatic heterocycles. The summed E-state index contributed by atoms with van der Waals surface area (Å²) in [5, 5.41) is 5.41. The van der Waals surface area contributed by atoms with Gasteiger partial charge in [-0.15, -0.1) is 12.4 Å². The summed E-state index contributed by atoms with van der Waals surface area (Å²) in [5.74, 6) is 0.107. The number of nitrogens with one attached hydrogen (secondary N) is 2. The fraction of sp³-hybridized carbons (Fsp3) is 0.818. The number of carbonyl (C=O) groups excluding carboxylic acids is 2. The van der Waals surface area contributed by atoms with Gasteiger partial charge in [-0.3, -0.25) is 9.59 Å². The van der Waals surface area contributed by atoms with Crippen molar-refractivity contribution in [1.29, 1.82) is 0 Å². The zero-order chi connectivity index (χ0) is 12.0.